The van der Waals surface area contributed by atoms with Gasteiger partial charge in [-0.3, -0.25) is 37.3 Å². The Hall–Kier alpha value is -1.94. The molecule has 19 heteroatoms. The lowest BCUT2D eigenvalue weighted by Gasteiger charge is -2.21. The molecule has 0 bridgehead atoms. The highest BCUT2D eigenvalue weighted by Gasteiger charge is 2.31. The molecule has 3 unspecified atom stereocenters. The Morgan fingerprint density at radius 3 is 0.704 bits per heavy atom. The number of aliphatic hydroxyl groups is 1. The van der Waals surface area contributed by atoms with Crippen LogP contribution in [-0.4, -0.2) is 96.7 Å². The zero-order valence-electron chi connectivity index (χ0n) is 71.2. The number of hydrogen-bond donors (Lipinski definition) is 3. The summed E-state index contributed by atoms with van der Waals surface area (Å²) in [5.74, 6) is -0.554. The molecule has 17 nitrogen and oxygen atoms in total. The van der Waals surface area contributed by atoms with Crippen molar-refractivity contribution in [3.8, 4) is 0 Å². The van der Waals surface area contributed by atoms with Crippen molar-refractivity contribution in [1.82, 2.24) is 0 Å². The molecule has 0 spiro atoms. The third-order valence-electron chi connectivity index (χ3n) is 21.3. The normalized spacial score (nSPS) is 14.0. The minimum Gasteiger partial charge on any atom is -0.462 e. The highest BCUT2D eigenvalue weighted by molar-refractivity contribution is 7.47. The number of carbonyl (C=O) groups excluding carboxylic acids is 4. The summed E-state index contributed by atoms with van der Waals surface area (Å²) in [5.41, 5.74) is 0. The zero-order chi connectivity index (χ0) is 79.2. The van der Waals surface area contributed by atoms with Gasteiger partial charge in [0.05, 0.1) is 26.4 Å². The van der Waals surface area contributed by atoms with Crippen LogP contribution in [-0.2, 0) is 65.4 Å². The van der Waals surface area contributed by atoms with Crippen LogP contribution < -0.4 is 0 Å². The van der Waals surface area contributed by atoms with E-state index in [2.05, 4.69) is 41.5 Å². The molecule has 0 aliphatic heterocycles. The highest BCUT2D eigenvalue weighted by atomic mass is 31.2. The van der Waals surface area contributed by atoms with Gasteiger partial charge in [0.2, 0.25) is 0 Å². The Morgan fingerprint density at radius 2 is 0.472 bits per heavy atom. The van der Waals surface area contributed by atoms with Crippen LogP contribution in [0.1, 0.15) is 478 Å². The SMILES string of the molecule is CCCCCCCCCCCCCCCCCCCCCCCC(=O)OC[C@H](COP(=O)(O)OC[C@@H](O)COP(=O)(O)OC[C@@H](COC(=O)CCCCCCCCCCCC(C)C)OC(=O)CCCCCCCCCCCCC(C)CC)OC(=O)CCCCCCCCCCCCCCCCCCCCCCC. The summed E-state index contributed by atoms with van der Waals surface area (Å²) in [6, 6.07) is 0. The second-order valence-corrected chi connectivity index (χ2v) is 35.6. The van der Waals surface area contributed by atoms with E-state index >= 15 is 0 Å². The number of rotatable bonds is 88. The van der Waals surface area contributed by atoms with Crippen molar-refractivity contribution in [2.45, 2.75) is 496 Å². The molecule has 642 valence electrons. The van der Waals surface area contributed by atoms with E-state index in [4.69, 9.17) is 37.0 Å². The number of carbonyl (C=O) groups is 4. The molecule has 0 amide bonds. The van der Waals surface area contributed by atoms with Crippen molar-refractivity contribution in [2.24, 2.45) is 11.8 Å². The van der Waals surface area contributed by atoms with Gasteiger partial charge in [0.1, 0.15) is 19.3 Å². The molecule has 0 aromatic rings. The fourth-order valence-corrected chi connectivity index (χ4v) is 15.5. The second-order valence-electron chi connectivity index (χ2n) is 32.7. The lowest BCUT2D eigenvalue weighted by Crippen LogP contribution is -2.30. The molecule has 0 rings (SSSR count). The van der Waals surface area contributed by atoms with Gasteiger partial charge in [0, 0.05) is 25.7 Å². The number of aliphatic hydroxyl groups excluding tert-OH is 1. The van der Waals surface area contributed by atoms with Gasteiger partial charge in [-0.25, -0.2) is 9.13 Å². The topological polar surface area (TPSA) is 237 Å². The Labute approximate surface area is 664 Å². The van der Waals surface area contributed by atoms with Gasteiger partial charge in [-0.1, -0.05) is 427 Å². The van der Waals surface area contributed by atoms with Gasteiger partial charge in [-0.2, -0.15) is 0 Å². The van der Waals surface area contributed by atoms with Crippen molar-refractivity contribution >= 4 is 39.5 Å². The van der Waals surface area contributed by atoms with E-state index < -0.39 is 97.5 Å². The van der Waals surface area contributed by atoms with Crippen LogP contribution in [0, 0.1) is 11.8 Å². The standard InChI is InChI=1S/C89H174O17P2/c1-7-10-12-14-16-18-20-22-24-26-28-30-32-34-36-38-40-47-53-59-65-71-86(91)99-77-84(105-88(93)73-67-61-55-48-41-39-37-35-33-31-29-27-25-23-21-19-17-15-13-11-8-2)79-103-107(95,96)101-75-83(90)76-102-108(97,98)104-80-85(78-100-87(92)72-66-60-54-50-44-45-51-57-63-69-81(4)5)106-89(94)74-68-62-56-49-43-42-46-52-58-64-70-82(6)9-3/h81-85,90H,7-80H2,1-6H3,(H,95,96)(H,97,98)/t82?,83-,84-,85-/m1/s1. The molecule has 0 heterocycles. The second kappa shape index (κ2) is 80.3. The fourth-order valence-electron chi connectivity index (χ4n) is 13.9. The highest BCUT2D eigenvalue weighted by Crippen LogP contribution is 2.45. The van der Waals surface area contributed by atoms with Gasteiger partial charge in [0.15, 0.2) is 12.2 Å². The first kappa shape index (κ1) is 106. The number of phosphoric acid groups is 2. The van der Waals surface area contributed by atoms with Crippen LogP contribution in [0.2, 0.25) is 0 Å². The van der Waals surface area contributed by atoms with Crippen LogP contribution in [0.5, 0.6) is 0 Å². The van der Waals surface area contributed by atoms with Crippen LogP contribution in [0.3, 0.4) is 0 Å². The van der Waals surface area contributed by atoms with Crippen molar-refractivity contribution < 1.29 is 80.2 Å². The number of esters is 4. The monoisotopic (exact) mass is 1580 g/mol. The summed E-state index contributed by atoms with van der Waals surface area (Å²) >= 11 is 0. The number of ether oxygens (including phenoxy) is 4. The summed E-state index contributed by atoms with van der Waals surface area (Å²) in [6.07, 6.45) is 73.7. The summed E-state index contributed by atoms with van der Waals surface area (Å²) in [5, 5.41) is 10.7. The predicted molar refractivity (Wildman–Crippen MR) is 446 cm³/mol. The van der Waals surface area contributed by atoms with Gasteiger partial charge >= 0.3 is 39.5 Å². The van der Waals surface area contributed by atoms with Gasteiger partial charge in [0.25, 0.3) is 0 Å². The van der Waals surface area contributed by atoms with E-state index in [1.54, 1.807) is 0 Å². The van der Waals surface area contributed by atoms with E-state index in [1.807, 2.05) is 0 Å². The summed E-state index contributed by atoms with van der Waals surface area (Å²) in [7, 11) is -9.93. The third kappa shape index (κ3) is 80.7. The van der Waals surface area contributed by atoms with Gasteiger partial charge in [-0.15, -0.1) is 0 Å². The lowest BCUT2D eigenvalue weighted by atomic mass is 9.99. The summed E-state index contributed by atoms with van der Waals surface area (Å²) in [4.78, 5) is 73.3. The van der Waals surface area contributed by atoms with E-state index in [-0.39, 0.29) is 25.7 Å². The first-order chi connectivity index (χ1) is 52.4. The average molecular weight is 1580 g/mol. The maximum absolute atomic E-state index is 13.2. The maximum atomic E-state index is 13.2. The molecule has 0 aliphatic rings. The summed E-state index contributed by atoms with van der Waals surface area (Å²) < 4.78 is 69.0. The fraction of sp³-hybridized carbons (Fsp3) is 0.955. The Balaban J connectivity index is 5.23. The largest absolute Gasteiger partial charge is 0.472 e. The molecular weight excluding hydrogens is 1400 g/mol. The number of hydrogen-bond acceptors (Lipinski definition) is 15. The molecule has 0 fully saturated rings. The molecule has 0 saturated heterocycles. The molecule has 0 radical (unpaired) electrons. The minimum absolute atomic E-state index is 0.106. The molecule has 108 heavy (non-hydrogen) atoms. The van der Waals surface area contributed by atoms with Crippen molar-refractivity contribution in [2.75, 3.05) is 39.6 Å². The molecular formula is C89H174O17P2. The van der Waals surface area contributed by atoms with Crippen LogP contribution in [0.25, 0.3) is 0 Å². The zero-order valence-corrected chi connectivity index (χ0v) is 73.0. The molecule has 6 atom stereocenters. The van der Waals surface area contributed by atoms with Crippen LogP contribution >= 0.6 is 15.6 Å². The van der Waals surface area contributed by atoms with Gasteiger partial charge < -0.3 is 33.8 Å². The van der Waals surface area contributed by atoms with E-state index in [0.717, 1.165) is 102 Å². The third-order valence-corrected chi connectivity index (χ3v) is 23.2. The van der Waals surface area contributed by atoms with Crippen molar-refractivity contribution in [3.63, 3.8) is 0 Å². The molecule has 3 N–H and O–H groups in total. The predicted octanol–water partition coefficient (Wildman–Crippen LogP) is 27.4. The first-order valence-electron chi connectivity index (χ1n) is 46.0. The van der Waals surface area contributed by atoms with Crippen LogP contribution in [0.15, 0.2) is 0 Å². The lowest BCUT2D eigenvalue weighted by molar-refractivity contribution is -0.161. The summed E-state index contributed by atoms with van der Waals surface area (Å²) in [6.45, 7) is 9.69. The van der Waals surface area contributed by atoms with E-state index in [0.29, 0.717) is 25.7 Å². The smallest absolute Gasteiger partial charge is 0.462 e. The Bertz CT molecular complexity index is 2070. The van der Waals surface area contributed by atoms with E-state index in [1.165, 1.54) is 295 Å². The molecule has 0 aliphatic carbocycles. The first-order valence-corrected chi connectivity index (χ1v) is 49.0. The van der Waals surface area contributed by atoms with E-state index in [9.17, 15) is 43.2 Å². The number of phosphoric ester groups is 2. The Morgan fingerprint density at radius 1 is 0.269 bits per heavy atom. The van der Waals surface area contributed by atoms with Crippen molar-refractivity contribution in [3.05, 3.63) is 0 Å². The molecule has 0 aromatic heterocycles. The van der Waals surface area contributed by atoms with Crippen molar-refractivity contribution in [1.29, 1.82) is 0 Å². The average Bonchev–Trinajstić information content (AvgIpc) is 0.900. The van der Waals surface area contributed by atoms with Crippen LogP contribution in [0.4, 0.5) is 0 Å². The minimum atomic E-state index is -4.97. The maximum Gasteiger partial charge on any atom is 0.472 e. The molecule has 0 saturated carbocycles. The van der Waals surface area contributed by atoms with Gasteiger partial charge in [-0.05, 0) is 37.5 Å². The Kier molecular flexibility index (Phi) is 78.8. The number of unbranched alkanes of at least 4 members (excludes halogenated alkanes) is 57. The molecule has 0 aromatic carbocycles. The quantitative estimate of drug-likeness (QED) is 0.0222.